The predicted molar refractivity (Wildman–Crippen MR) is 304 cm³/mol. The van der Waals surface area contributed by atoms with Gasteiger partial charge in [-0.15, -0.1) is 0 Å². The van der Waals surface area contributed by atoms with Crippen LogP contribution in [0.1, 0.15) is 132 Å². The van der Waals surface area contributed by atoms with Crippen LogP contribution in [0, 0.1) is 11.6 Å². The molecule has 6 fully saturated rings. The average molecular weight is 1190 g/mol. The third kappa shape index (κ3) is 10.2. The number of hydrogen-bond donors (Lipinski definition) is 3. The topological polar surface area (TPSA) is 172 Å². The number of halogens is 6. The van der Waals surface area contributed by atoms with E-state index in [0.717, 1.165) is 116 Å². The highest BCUT2D eigenvalue weighted by Crippen LogP contribution is 2.49. The van der Waals surface area contributed by atoms with Crippen molar-refractivity contribution in [1.82, 2.24) is 30.9 Å². The van der Waals surface area contributed by atoms with E-state index in [0.29, 0.717) is 107 Å². The Morgan fingerprint density at radius 3 is 1.41 bits per heavy atom. The number of benzene rings is 4. The van der Waals surface area contributed by atoms with Gasteiger partial charge in [-0.25, -0.2) is 28.3 Å². The van der Waals surface area contributed by atoms with Gasteiger partial charge in [-0.1, -0.05) is 91.5 Å². The highest BCUT2D eigenvalue weighted by molar-refractivity contribution is 7.22. The van der Waals surface area contributed by atoms with E-state index < -0.39 is 23.6 Å². The monoisotopic (exact) mass is 1190 g/mol. The van der Waals surface area contributed by atoms with Gasteiger partial charge in [0.1, 0.15) is 33.9 Å². The second-order valence-electron chi connectivity index (χ2n) is 21.6. The molecule has 4 aliphatic heterocycles. The summed E-state index contributed by atoms with van der Waals surface area (Å²) in [5.74, 6) is -0.145. The first kappa shape index (κ1) is 52.9. The number of ether oxygens (including phenoxy) is 1. The Labute approximate surface area is 480 Å². The van der Waals surface area contributed by atoms with E-state index >= 15 is 0 Å². The molecule has 4 aromatic heterocycles. The van der Waals surface area contributed by atoms with Crippen LogP contribution in [0.4, 0.5) is 19.0 Å². The summed E-state index contributed by atoms with van der Waals surface area (Å²) < 4.78 is 47.1. The summed E-state index contributed by atoms with van der Waals surface area (Å²) in [6.45, 7) is 1.24. The minimum Gasteiger partial charge on any atom is -0.478 e. The van der Waals surface area contributed by atoms with Crippen LogP contribution in [0.3, 0.4) is 0 Å². The van der Waals surface area contributed by atoms with Gasteiger partial charge in [0, 0.05) is 83.4 Å². The number of carboxylic acid groups (broad SMARTS) is 1. The number of esters is 1. The number of methoxy groups -OCH3 is 1. The van der Waals surface area contributed by atoms with Crippen LogP contribution in [0.2, 0.25) is 20.1 Å². The largest absolute Gasteiger partial charge is 0.478 e. The number of anilines is 2. The smallest absolute Gasteiger partial charge is 0.338 e. The number of carboxylic acids is 1. The molecule has 4 unspecified atom stereocenters. The second kappa shape index (κ2) is 21.5. The Kier molecular flexibility index (Phi) is 14.4. The Morgan fingerprint density at radius 1 is 0.633 bits per heavy atom. The normalized spacial score (nSPS) is 22.5. The van der Waals surface area contributed by atoms with Gasteiger partial charge in [0.05, 0.1) is 47.7 Å². The van der Waals surface area contributed by atoms with Gasteiger partial charge in [-0.05, 0) is 126 Å². The van der Waals surface area contributed by atoms with Crippen LogP contribution in [-0.2, 0) is 17.8 Å². The lowest BCUT2D eigenvalue weighted by Gasteiger charge is -2.39. The number of carbonyl (C=O) groups is 2. The number of piperidine rings is 2. The third-order valence-corrected chi connectivity index (χ3v) is 19.8. The van der Waals surface area contributed by atoms with Crippen LogP contribution in [0.25, 0.3) is 42.9 Å². The van der Waals surface area contributed by atoms with E-state index in [9.17, 15) is 23.5 Å². The molecule has 8 aromatic rings. The summed E-state index contributed by atoms with van der Waals surface area (Å²) in [6, 6.07) is 18.1. The molecule has 4 saturated heterocycles. The number of nitrogens with one attached hydrogen (secondary N) is 2. The minimum atomic E-state index is -1.14. The van der Waals surface area contributed by atoms with Crippen molar-refractivity contribution >= 4 is 112 Å². The molecular weight excluding hydrogens is 1140 g/mol. The molecule has 22 heteroatoms. The van der Waals surface area contributed by atoms with Crippen molar-refractivity contribution in [2.45, 2.75) is 138 Å². The fourth-order valence-electron chi connectivity index (χ4n) is 12.5. The Balaban J connectivity index is 0.000000150. The van der Waals surface area contributed by atoms with Gasteiger partial charge in [-0.2, -0.15) is 0 Å². The summed E-state index contributed by atoms with van der Waals surface area (Å²) in [5.41, 5.74) is 5.59. The minimum absolute atomic E-state index is 0.0576. The number of rotatable bonds is 14. The first-order chi connectivity index (χ1) is 38.3. The zero-order valence-electron chi connectivity index (χ0n) is 42.5. The molecule has 0 radical (unpaired) electrons. The van der Waals surface area contributed by atoms with E-state index in [1.54, 1.807) is 6.07 Å². The predicted octanol–water partition coefficient (Wildman–Crippen LogP) is 14.6. The Bertz CT molecular complexity index is 3630. The molecular formula is C57H52Cl4F2N8O6S2. The molecule has 2 saturated carbocycles. The Hall–Kier alpha value is -5.44. The summed E-state index contributed by atoms with van der Waals surface area (Å²) in [4.78, 5) is 37.3. The lowest BCUT2D eigenvalue weighted by molar-refractivity contribution is 0.0599. The second-order valence-corrected chi connectivity index (χ2v) is 25.2. The van der Waals surface area contributed by atoms with Crippen LogP contribution in [-0.4, -0.2) is 80.7 Å². The zero-order valence-corrected chi connectivity index (χ0v) is 47.2. The number of aromatic nitrogens is 4. The maximum absolute atomic E-state index is 14.8. The molecule has 79 heavy (non-hydrogen) atoms. The molecule has 6 aliphatic rings. The van der Waals surface area contributed by atoms with E-state index in [-0.39, 0.29) is 28.7 Å². The molecule has 2 aliphatic carbocycles. The molecule has 3 N–H and O–H groups in total. The van der Waals surface area contributed by atoms with Gasteiger partial charge in [0.15, 0.2) is 21.9 Å². The molecule has 4 aromatic carbocycles. The average Bonchev–Trinajstić information content (AvgIpc) is 4.40. The van der Waals surface area contributed by atoms with Gasteiger partial charge in [0.2, 0.25) is 0 Å². The van der Waals surface area contributed by atoms with Crippen LogP contribution < -0.4 is 20.4 Å². The number of fused-ring (bicyclic) bond motifs is 6. The van der Waals surface area contributed by atoms with E-state index in [2.05, 4.69) is 40.7 Å². The maximum Gasteiger partial charge on any atom is 0.338 e. The van der Waals surface area contributed by atoms with Gasteiger partial charge in [-0.3, -0.25) is 0 Å². The zero-order chi connectivity index (χ0) is 54.4. The van der Waals surface area contributed by atoms with Crippen molar-refractivity contribution in [2.24, 2.45) is 0 Å². The highest BCUT2D eigenvalue weighted by atomic mass is 35.5. The summed E-state index contributed by atoms with van der Waals surface area (Å²) in [7, 11) is 1.29. The van der Waals surface area contributed by atoms with Crippen molar-refractivity contribution in [3.63, 3.8) is 0 Å². The van der Waals surface area contributed by atoms with Crippen molar-refractivity contribution in [3.8, 4) is 22.5 Å². The molecule has 4 bridgehead atoms. The fraction of sp³-hybridized carbons (Fsp3) is 0.404. The van der Waals surface area contributed by atoms with E-state index in [1.807, 2.05) is 36.4 Å². The van der Waals surface area contributed by atoms with Gasteiger partial charge < -0.3 is 39.3 Å². The summed E-state index contributed by atoms with van der Waals surface area (Å²) in [6.07, 6.45) is 12.4. The molecule has 14 rings (SSSR count). The lowest BCUT2D eigenvalue weighted by atomic mass is 9.97. The molecule has 410 valence electrons. The summed E-state index contributed by atoms with van der Waals surface area (Å²) >= 11 is 28.9. The van der Waals surface area contributed by atoms with Crippen molar-refractivity contribution < 1.29 is 37.3 Å². The lowest BCUT2D eigenvalue weighted by Crippen LogP contribution is -2.49. The van der Waals surface area contributed by atoms with Crippen LogP contribution in [0.15, 0.2) is 69.7 Å². The van der Waals surface area contributed by atoms with Crippen LogP contribution >= 0.6 is 69.1 Å². The highest BCUT2D eigenvalue weighted by Gasteiger charge is 2.45. The molecule has 0 spiro atoms. The molecule has 8 heterocycles. The quantitative estimate of drug-likeness (QED) is 0.0878. The number of thiazole rings is 2. The molecule has 14 nitrogen and oxygen atoms in total. The fourth-order valence-corrected chi connectivity index (χ4v) is 16.0. The van der Waals surface area contributed by atoms with Gasteiger partial charge in [0.25, 0.3) is 0 Å². The van der Waals surface area contributed by atoms with Gasteiger partial charge >= 0.3 is 11.9 Å². The van der Waals surface area contributed by atoms with Crippen molar-refractivity contribution in [2.75, 3.05) is 16.9 Å². The number of carbonyl (C=O) groups excluding carboxylic acids is 1. The van der Waals surface area contributed by atoms with E-state index in [1.165, 1.54) is 41.9 Å². The van der Waals surface area contributed by atoms with E-state index in [4.69, 9.17) is 60.2 Å². The first-order valence-corrected chi connectivity index (χ1v) is 29.8. The number of hydrogen-bond acceptors (Lipinski definition) is 15. The standard InChI is InChI=1S/C29H27Cl2FN4O3S.C28H25Cl2FN4O3S/c1-38-28(37)15-9-22(32)26-23(10-15)40-29(34-26)36-17-7-8-18(36)12-16(11-17)33-13-19-25(35-39-27(19)14-5-6-14)24-20(30)3-2-4-21(24)31;29-19-2-1-3-20(30)23(19)24-18(26(38-34-24)13-4-5-13)12-32-15-10-16-6-7-17(11-15)35(16)28-33-25-21(31)8-14(27(36)37)9-22(25)39-28/h2-4,9-10,14,16-18,33H,5-8,11-13H2,1H3;1-3,8-9,13,15-17,32H,4-7,10-12H2,(H,36,37). The maximum atomic E-state index is 14.8. The first-order valence-electron chi connectivity index (χ1n) is 26.7. The summed E-state index contributed by atoms with van der Waals surface area (Å²) in [5, 5.41) is 29.5. The molecule has 4 atom stereocenters. The van der Waals surface area contributed by atoms with Crippen molar-refractivity contribution in [1.29, 1.82) is 0 Å². The Morgan fingerprint density at radius 2 is 1.03 bits per heavy atom. The number of nitrogens with zero attached hydrogens (tertiary/aromatic N) is 6. The van der Waals surface area contributed by atoms with Crippen LogP contribution in [0.5, 0.6) is 0 Å². The SMILES string of the molecule is COC(=O)c1cc(F)c2nc(N3C4CCC3CC(NCc3c(-c5c(Cl)cccc5Cl)noc3C3CC3)C4)sc2c1.O=C(O)c1cc(F)c2nc(N3C4CCC3CC(NCc3c(-c5c(Cl)cccc5Cl)noc3C3CC3)C4)sc2c1. The van der Waals surface area contributed by atoms with Crippen molar-refractivity contribution in [3.05, 3.63) is 126 Å². The third-order valence-electron chi connectivity index (χ3n) is 16.5. The molecule has 0 amide bonds. The number of aromatic carboxylic acids is 1.